The maximum absolute atomic E-state index is 11.7. The first-order valence-electron chi connectivity index (χ1n) is 7.65. The maximum Gasteiger partial charge on any atom is 0.260 e. The Morgan fingerprint density at radius 1 is 1.00 bits per heavy atom. The van der Waals surface area contributed by atoms with Crippen molar-refractivity contribution in [3.8, 4) is 22.5 Å². The monoisotopic (exact) mass is 346 g/mol. The zero-order valence-electron chi connectivity index (χ0n) is 13.1. The number of thiophene rings is 1. The molecule has 0 bridgehead atoms. The molecule has 0 aliphatic rings. The molecule has 4 aromatic rings. The molecule has 0 spiro atoms. The fraction of sp³-hybridized carbons (Fsp3) is 0. The number of nitrogens with two attached hydrogens (primary N) is 2. The van der Waals surface area contributed by atoms with Crippen LogP contribution in [-0.4, -0.2) is 15.9 Å². The van der Waals surface area contributed by atoms with E-state index in [9.17, 15) is 4.79 Å². The van der Waals surface area contributed by atoms with Crippen molar-refractivity contribution in [1.82, 2.24) is 9.97 Å². The summed E-state index contributed by atoms with van der Waals surface area (Å²) in [4.78, 5) is 21.8. The Labute approximate surface area is 148 Å². The highest BCUT2D eigenvalue weighted by atomic mass is 32.1. The number of fused-ring (bicyclic) bond motifs is 1. The van der Waals surface area contributed by atoms with E-state index in [0.29, 0.717) is 15.4 Å². The van der Waals surface area contributed by atoms with Crippen molar-refractivity contribution in [3.05, 3.63) is 65.7 Å². The van der Waals surface area contributed by atoms with Crippen LogP contribution in [0.3, 0.4) is 0 Å². The molecule has 0 aliphatic heterocycles. The molecule has 0 aliphatic carbocycles. The van der Waals surface area contributed by atoms with E-state index in [1.807, 2.05) is 54.6 Å². The standard InChI is InChI=1S/C19H14N4OS/c20-16-15-12(13-8-4-5-9-22-13)10-14(11-6-2-1-3-7-11)23-19(15)25-17(16)18(21)24/h1-10H,20H2,(H2,21,24). The Kier molecular flexibility index (Phi) is 3.66. The van der Waals surface area contributed by atoms with E-state index in [1.165, 1.54) is 11.3 Å². The lowest BCUT2D eigenvalue weighted by Crippen LogP contribution is -2.10. The molecule has 5 nitrogen and oxygen atoms in total. The van der Waals surface area contributed by atoms with Gasteiger partial charge in [-0.3, -0.25) is 9.78 Å². The summed E-state index contributed by atoms with van der Waals surface area (Å²) in [5.41, 5.74) is 15.4. The van der Waals surface area contributed by atoms with E-state index in [-0.39, 0.29) is 0 Å². The molecule has 4 N–H and O–H groups in total. The molecule has 122 valence electrons. The van der Waals surface area contributed by atoms with Gasteiger partial charge in [-0.05, 0) is 18.2 Å². The Morgan fingerprint density at radius 3 is 2.44 bits per heavy atom. The number of carbonyl (C=O) groups excluding carboxylic acids is 1. The summed E-state index contributed by atoms with van der Waals surface area (Å²) in [5.74, 6) is -0.547. The second kappa shape index (κ2) is 5.99. The van der Waals surface area contributed by atoms with Crippen LogP contribution in [0.4, 0.5) is 5.69 Å². The van der Waals surface area contributed by atoms with Gasteiger partial charge in [0.2, 0.25) is 0 Å². The molecule has 1 amide bonds. The van der Waals surface area contributed by atoms with Crippen LogP contribution in [0.15, 0.2) is 60.8 Å². The van der Waals surface area contributed by atoms with Gasteiger partial charge in [0.1, 0.15) is 9.71 Å². The highest BCUT2D eigenvalue weighted by Crippen LogP contribution is 2.40. The minimum absolute atomic E-state index is 0.324. The summed E-state index contributed by atoms with van der Waals surface area (Å²) >= 11 is 1.21. The zero-order chi connectivity index (χ0) is 17.4. The van der Waals surface area contributed by atoms with Crippen LogP contribution in [0.5, 0.6) is 0 Å². The average molecular weight is 346 g/mol. The summed E-state index contributed by atoms with van der Waals surface area (Å²) in [6.45, 7) is 0. The molecule has 0 saturated carbocycles. The number of nitrogens with zero attached hydrogens (tertiary/aromatic N) is 2. The van der Waals surface area contributed by atoms with Gasteiger partial charge in [0, 0.05) is 22.7 Å². The van der Waals surface area contributed by atoms with Gasteiger partial charge >= 0.3 is 0 Å². The van der Waals surface area contributed by atoms with Gasteiger partial charge in [-0.1, -0.05) is 36.4 Å². The van der Waals surface area contributed by atoms with E-state index in [4.69, 9.17) is 16.5 Å². The van der Waals surface area contributed by atoms with Gasteiger partial charge < -0.3 is 11.5 Å². The largest absolute Gasteiger partial charge is 0.397 e. The lowest BCUT2D eigenvalue weighted by atomic mass is 10.0. The first kappa shape index (κ1) is 15.3. The number of rotatable bonds is 3. The number of primary amides is 1. The van der Waals surface area contributed by atoms with Gasteiger partial charge in [-0.25, -0.2) is 4.98 Å². The molecule has 0 radical (unpaired) electrons. The van der Waals surface area contributed by atoms with Gasteiger partial charge in [-0.15, -0.1) is 11.3 Å². The molecule has 0 unspecified atom stereocenters. The minimum atomic E-state index is -0.547. The Balaban J connectivity index is 2.07. The number of carbonyl (C=O) groups is 1. The lowest BCUT2D eigenvalue weighted by Gasteiger charge is -2.08. The summed E-state index contributed by atoms with van der Waals surface area (Å²) in [5, 5.41) is 0.720. The van der Waals surface area contributed by atoms with Crippen LogP contribution in [0.25, 0.3) is 32.7 Å². The number of benzene rings is 1. The zero-order valence-corrected chi connectivity index (χ0v) is 14.0. The van der Waals surface area contributed by atoms with Gasteiger partial charge in [0.25, 0.3) is 5.91 Å². The maximum atomic E-state index is 11.7. The third-order valence-corrected chi connectivity index (χ3v) is 5.05. The summed E-state index contributed by atoms with van der Waals surface area (Å²) in [6, 6.07) is 17.5. The minimum Gasteiger partial charge on any atom is -0.397 e. The lowest BCUT2D eigenvalue weighted by molar-refractivity contribution is 0.100. The molecule has 6 heteroatoms. The molecular weight excluding hydrogens is 332 g/mol. The van der Waals surface area contributed by atoms with Crippen molar-refractivity contribution in [2.45, 2.75) is 0 Å². The number of aromatic nitrogens is 2. The van der Waals surface area contributed by atoms with E-state index in [2.05, 4.69) is 4.98 Å². The first-order valence-corrected chi connectivity index (χ1v) is 8.46. The summed E-state index contributed by atoms with van der Waals surface area (Å²) in [6.07, 6.45) is 1.72. The number of nitrogen functional groups attached to an aromatic ring is 1. The number of anilines is 1. The van der Waals surface area contributed by atoms with Crippen molar-refractivity contribution in [2.75, 3.05) is 5.73 Å². The Morgan fingerprint density at radius 2 is 1.76 bits per heavy atom. The van der Waals surface area contributed by atoms with Gasteiger partial charge in [0.15, 0.2) is 0 Å². The Bertz CT molecular complexity index is 1070. The van der Waals surface area contributed by atoms with E-state index in [0.717, 1.165) is 27.9 Å². The fourth-order valence-electron chi connectivity index (χ4n) is 2.78. The normalized spacial score (nSPS) is 10.9. The van der Waals surface area contributed by atoms with Crippen LogP contribution in [0, 0.1) is 0 Å². The molecule has 0 saturated heterocycles. The van der Waals surface area contributed by atoms with Crippen LogP contribution in [0.1, 0.15) is 9.67 Å². The van der Waals surface area contributed by atoms with Gasteiger partial charge in [-0.2, -0.15) is 0 Å². The number of amides is 1. The van der Waals surface area contributed by atoms with Crippen molar-refractivity contribution in [3.63, 3.8) is 0 Å². The Hall–Kier alpha value is -3.25. The van der Waals surface area contributed by atoms with Crippen LogP contribution >= 0.6 is 11.3 Å². The summed E-state index contributed by atoms with van der Waals surface area (Å²) in [7, 11) is 0. The molecule has 0 atom stereocenters. The van der Waals surface area contributed by atoms with E-state index in [1.54, 1.807) is 6.20 Å². The van der Waals surface area contributed by atoms with Crippen molar-refractivity contribution in [2.24, 2.45) is 5.73 Å². The number of hydrogen-bond acceptors (Lipinski definition) is 5. The topological polar surface area (TPSA) is 94.9 Å². The molecule has 3 heterocycles. The first-order chi connectivity index (χ1) is 12.1. The molecule has 1 aromatic carbocycles. The SMILES string of the molecule is NC(=O)c1sc2nc(-c3ccccc3)cc(-c3ccccn3)c2c1N. The van der Waals surface area contributed by atoms with E-state index < -0.39 is 5.91 Å². The second-order valence-electron chi connectivity index (χ2n) is 5.53. The predicted molar refractivity (Wildman–Crippen MR) is 101 cm³/mol. The van der Waals surface area contributed by atoms with Gasteiger partial charge in [0.05, 0.1) is 17.1 Å². The molecule has 4 rings (SSSR count). The highest BCUT2D eigenvalue weighted by Gasteiger charge is 2.20. The van der Waals surface area contributed by atoms with E-state index >= 15 is 0 Å². The molecule has 3 aromatic heterocycles. The molecule has 0 fully saturated rings. The van der Waals surface area contributed by atoms with Crippen molar-refractivity contribution in [1.29, 1.82) is 0 Å². The van der Waals surface area contributed by atoms with Crippen LogP contribution < -0.4 is 11.5 Å². The molecule has 25 heavy (non-hydrogen) atoms. The highest BCUT2D eigenvalue weighted by molar-refractivity contribution is 7.21. The van der Waals surface area contributed by atoms with Crippen molar-refractivity contribution >= 4 is 33.1 Å². The third kappa shape index (κ3) is 2.62. The predicted octanol–water partition coefficient (Wildman–Crippen LogP) is 3.71. The summed E-state index contributed by atoms with van der Waals surface area (Å²) < 4.78 is 0. The fourth-order valence-corrected chi connectivity index (χ4v) is 3.76. The number of pyridine rings is 2. The average Bonchev–Trinajstić information content (AvgIpc) is 2.99. The second-order valence-corrected chi connectivity index (χ2v) is 6.52. The smallest absolute Gasteiger partial charge is 0.260 e. The van der Waals surface area contributed by atoms with Crippen molar-refractivity contribution < 1.29 is 4.79 Å². The van der Waals surface area contributed by atoms with Crippen LogP contribution in [-0.2, 0) is 0 Å². The quantitative estimate of drug-likeness (QED) is 0.591. The third-order valence-electron chi connectivity index (χ3n) is 3.93. The van der Waals surface area contributed by atoms with Crippen LogP contribution in [0.2, 0.25) is 0 Å². The number of hydrogen-bond donors (Lipinski definition) is 2. The molecular formula is C19H14N4OS.